The lowest BCUT2D eigenvalue weighted by Gasteiger charge is -2.34. The van der Waals surface area contributed by atoms with E-state index in [1.54, 1.807) is 67.6 Å². The predicted molar refractivity (Wildman–Crippen MR) is 414 cm³/mol. The number of hydrogen-bond donors (Lipinski definition) is 10. The van der Waals surface area contributed by atoms with Crippen molar-refractivity contribution in [1.82, 2.24) is 89.0 Å². The van der Waals surface area contributed by atoms with Gasteiger partial charge in [0, 0.05) is 138 Å². The molecule has 5 aliphatic rings. The van der Waals surface area contributed by atoms with Crippen LogP contribution in [0.4, 0.5) is 46.5 Å². The van der Waals surface area contributed by atoms with Gasteiger partial charge < -0.3 is 62.5 Å². The summed E-state index contributed by atoms with van der Waals surface area (Å²) in [5.41, 5.74) is 7.04. The normalized spacial score (nSPS) is 19.5. The molecule has 32 heteroatoms. The molecule has 103 heavy (non-hydrogen) atoms. The minimum Gasteiger partial charge on any atom is -0.394 e. The molecule has 12 aromatic rings. The Labute approximate surface area is 629 Å². The summed E-state index contributed by atoms with van der Waals surface area (Å²) in [5, 5.41) is 65.8. The molecule has 1 aliphatic carbocycles. The van der Waals surface area contributed by atoms with E-state index in [1.165, 1.54) is 0 Å². The zero-order valence-electron chi connectivity index (χ0n) is 57.4. The van der Waals surface area contributed by atoms with Crippen molar-refractivity contribution in [2.45, 2.75) is 109 Å². The summed E-state index contributed by atoms with van der Waals surface area (Å²) in [4.78, 5) is 40.1. The van der Waals surface area contributed by atoms with E-state index in [2.05, 4.69) is 180 Å². The number of halogens is 4. The number of pyridine rings is 4. The van der Waals surface area contributed by atoms with Crippen molar-refractivity contribution < 1.29 is 10.2 Å². The molecular weight excluding hydrogens is 1570 g/mol. The Kier molecular flexibility index (Phi) is 21.9. The second kappa shape index (κ2) is 31.7. The number of piperidine rings is 1. The van der Waals surface area contributed by atoms with Gasteiger partial charge in [0.25, 0.3) is 0 Å². The first kappa shape index (κ1) is 71.2. The summed E-state index contributed by atoms with van der Waals surface area (Å²) in [6.07, 6.45) is 25.7. The van der Waals surface area contributed by atoms with Crippen LogP contribution in [0.15, 0.2) is 165 Å². The van der Waals surface area contributed by atoms with Gasteiger partial charge in [-0.1, -0.05) is 38.1 Å². The molecule has 536 valence electrons. The number of rotatable bonds is 20. The number of nitrogens with zero attached hydrogens (tertiary/aromatic N) is 18. The monoisotopic (exact) mass is 1650 g/mol. The highest BCUT2D eigenvalue weighted by atomic mass is 79.9. The van der Waals surface area contributed by atoms with Crippen LogP contribution in [0.2, 0.25) is 0 Å². The Balaban J connectivity index is 0.000000116. The van der Waals surface area contributed by atoms with Crippen LogP contribution in [0.1, 0.15) is 75.6 Å². The fraction of sp³-hybridized carbons (Fsp3) is 0.380. The highest BCUT2D eigenvalue weighted by Gasteiger charge is 2.66. The molecule has 6 atom stereocenters. The van der Waals surface area contributed by atoms with Gasteiger partial charge >= 0.3 is 0 Å². The number of aliphatic hydroxyl groups excluding tert-OH is 1. The number of hydrogen-bond acceptors (Lipinski definition) is 24. The SMILES string of the molecule is Brc1cnn2c(NCc3cccnc3)cc(N[C@@H]3CCNC3)nc12.Brc1cnn2c(NCc3cccnc3)cc(N[C@H]3CCNC3)nc12.CC(C)(O)[C@@H]1CCCN1c1cc(NCc2cccnc2)n2ncc(Br)c2n1.CC1(C)[C@@H]2[C@@H](CO)N(c3cc(NCc4cccnc4)n4ncc(Br)c4n3)C[C@@H]21. The lowest BCUT2D eigenvalue weighted by Crippen LogP contribution is -2.46. The van der Waals surface area contributed by atoms with Crippen LogP contribution in [0, 0.1) is 17.3 Å². The van der Waals surface area contributed by atoms with Crippen molar-refractivity contribution in [3.8, 4) is 0 Å². The van der Waals surface area contributed by atoms with Crippen molar-refractivity contribution in [2.75, 3.05) is 87.6 Å². The second-order valence-corrected chi connectivity index (χ2v) is 30.8. The summed E-state index contributed by atoms with van der Waals surface area (Å²) in [6, 6.07) is 24.9. The lowest BCUT2D eigenvalue weighted by atomic mass is 9.97. The minimum atomic E-state index is -0.787. The van der Waals surface area contributed by atoms with Crippen LogP contribution in [-0.4, -0.2) is 164 Å². The first-order valence-electron chi connectivity index (χ1n) is 34.5. The van der Waals surface area contributed by atoms with Gasteiger partial charge in [-0.25, -0.2) is 19.9 Å². The van der Waals surface area contributed by atoms with E-state index in [9.17, 15) is 10.2 Å². The van der Waals surface area contributed by atoms with Crippen LogP contribution in [0.25, 0.3) is 22.6 Å². The highest BCUT2D eigenvalue weighted by molar-refractivity contribution is 9.11. The summed E-state index contributed by atoms with van der Waals surface area (Å²) in [7, 11) is 0. The number of nitrogens with one attached hydrogen (secondary N) is 8. The minimum absolute atomic E-state index is 0.0420. The third kappa shape index (κ3) is 16.4. The van der Waals surface area contributed by atoms with E-state index in [0.29, 0.717) is 55.5 Å². The van der Waals surface area contributed by atoms with E-state index in [0.717, 1.165) is 174 Å². The molecule has 0 amide bonds. The molecule has 0 aromatic carbocycles. The fourth-order valence-electron chi connectivity index (χ4n) is 14.1. The summed E-state index contributed by atoms with van der Waals surface area (Å²) in [6.45, 7) is 16.9. The maximum atomic E-state index is 10.6. The van der Waals surface area contributed by atoms with Gasteiger partial charge in [0.2, 0.25) is 0 Å². The Morgan fingerprint density at radius 1 is 0.515 bits per heavy atom. The molecule has 4 saturated heterocycles. The smallest absolute Gasteiger partial charge is 0.173 e. The molecule has 12 aromatic heterocycles. The predicted octanol–water partition coefficient (Wildman–Crippen LogP) is 10.7. The van der Waals surface area contributed by atoms with Gasteiger partial charge in [0.15, 0.2) is 22.6 Å². The highest BCUT2D eigenvalue weighted by Crippen LogP contribution is 2.65. The standard InChI is InChI=1S/C20H23BrN6O.C19H23BrN6O.2C16H18BrN7/c1-20(2)13-10-26(15(11-28)18(13)20)17-6-16(23-8-12-4-3-5-22-7-12)27-19(25-17)14(21)9-24-27;1-19(2,27)15-6-4-8-25(15)17-9-16(22-11-13-5-3-7-21-10-13)26-18(24-17)14(20)12-23-26;2*17-13-10-21-24-15(20-8-11-2-1-4-18-7-11)6-14(23-16(13)24)22-12-3-5-19-9-12/h3-7,9,13,15,18,23,28H,8,10-11H2,1-2H3;3,5,7,9-10,12,15,22,27H,4,6,8,11H2,1-2H3;2*1-2,4,6-7,10,12,19-20H,3,5,8-9H2,(H,22,23)/t13-,15+,18-;15-;2*12-/m0010/s1. The van der Waals surface area contributed by atoms with E-state index in [1.807, 2.05) is 111 Å². The zero-order valence-corrected chi connectivity index (χ0v) is 63.7. The van der Waals surface area contributed by atoms with Crippen LogP contribution in [-0.2, 0) is 26.2 Å². The van der Waals surface area contributed by atoms with E-state index in [4.69, 9.17) is 9.97 Å². The molecule has 0 unspecified atom stereocenters. The molecule has 5 fully saturated rings. The first-order chi connectivity index (χ1) is 50.0. The fourth-order valence-corrected chi connectivity index (χ4v) is 15.5. The van der Waals surface area contributed by atoms with Crippen molar-refractivity contribution in [3.63, 3.8) is 0 Å². The van der Waals surface area contributed by atoms with Gasteiger partial charge in [-0.15, -0.1) is 0 Å². The molecule has 0 radical (unpaired) electrons. The summed E-state index contributed by atoms with van der Waals surface area (Å²) >= 11 is 14.1. The molecule has 10 N–H and O–H groups in total. The summed E-state index contributed by atoms with van der Waals surface area (Å²) in [5.74, 6) is 8.07. The third-order valence-electron chi connectivity index (χ3n) is 19.5. The van der Waals surface area contributed by atoms with Gasteiger partial charge in [-0.3, -0.25) is 19.9 Å². The average Bonchev–Trinajstić information content (AvgIpc) is 1.53. The van der Waals surface area contributed by atoms with E-state index >= 15 is 0 Å². The number of fused-ring (bicyclic) bond motifs is 5. The maximum Gasteiger partial charge on any atom is 0.173 e. The van der Waals surface area contributed by atoms with Crippen molar-refractivity contribution in [1.29, 1.82) is 0 Å². The van der Waals surface area contributed by atoms with Crippen molar-refractivity contribution in [2.24, 2.45) is 17.3 Å². The first-order valence-corrected chi connectivity index (χ1v) is 37.7. The molecule has 16 heterocycles. The largest absolute Gasteiger partial charge is 0.394 e. The number of anilines is 8. The van der Waals surface area contributed by atoms with Gasteiger partial charge in [-0.2, -0.15) is 38.5 Å². The molecule has 1 saturated carbocycles. The van der Waals surface area contributed by atoms with Gasteiger partial charge in [-0.05, 0) is 180 Å². The Morgan fingerprint density at radius 2 is 0.893 bits per heavy atom. The summed E-state index contributed by atoms with van der Waals surface area (Å²) < 4.78 is 10.6. The molecule has 4 aliphatic heterocycles. The molecule has 0 bridgehead atoms. The second-order valence-electron chi connectivity index (χ2n) is 27.4. The van der Waals surface area contributed by atoms with Crippen molar-refractivity contribution in [3.05, 3.63) is 187 Å². The zero-order chi connectivity index (χ0) is 71.2. The average molecular weight is 1650 g/mol. The van der Waals surface area contributed by atoms with E-state index in [-0.39, 0.29) is 18.7 Å². The van der Waals surface area contributed by atoms with Crippen molar-refractivity contribution >= 4 is 133 Å². The Bertz CT molecular complexity index is 4680. The van der Waals surface area contributed by atoms with Crippen LogP contribution < -0.4 is 52.3 Å². The Hall–Kier alpha value is -8.76. The number of aliphatic hydroxyl groups is 2. The molecule has 28 nitrogen and oxygen atoms in total. The number of aromatic nitrogens is 16. The molecule has 17 rings (SSSR count). The quantitative estimate of drug-likeness (QED) is 0.0339. The molecule has 0 spiro atoms. The van der Waals surface area contributed by atoms with Gasteiger partial charge in [0.1, 0.15) is 46.5 Å². The van der Waals surface area contributed by atoms with Gasteiger partial charge in [0.05, 0.1) is 67.0 Å². The van der Waals surface area contributed by atoms with Crippen LogP contribution >= 0.6 is 63.7 Å². The van der Waals surface area contributed by atoms with E-state index < -0.39 is 5.60 Å². The topological polar surface area (TPSA) is 315 Å². The van der Waals surface area contributed by atoms with Crippen LogP contribution in [0.3, 0.4) is 0 Å². The van der Waals surface area contributed by atoms with Crippen LogP contribution in [0.5, 0.6) is 0 Å². The maximum absolute atomic E-state index is 10.6. The molecular formula is C71H82Br4N26O2. The third-order valence-corrected chi connectivity index (χ3v) is 21.7. The lowest BCUT2D eigenvalue weighted by molar-refractivity contribution is 0.0533. The Morgan fingerprint density at radius 3 is 1.24 bits per heavy atom.